The van der Waals surface area contributed by atoms with Crippen molar-refractivity contribution in [3.63, 3.8) is 0 Å². The van der Waals surface area contributed by atoms with Gasteiger partial charge in [0.1, 0.15) is 11.3 Å². The fourth-order valence-electron chi connectivity index (χ4n) is 2.45. The van der Waals surface area contributed by atoms with Crippen LogP contribution in [0.4, 0.5) is 0 Å². The lowest BCUT2D eigenvalue weighted by Gasteiger charge is -2.24. The van der Waals surface area contributed by atoms with Crippen molar-refractivity contribution in [1.82, 2.24) is 0 Å². The molecule has 1 aromatic heterocycles. The molecule has 2 rings (SSSR count). The lowest BCUT2D eigenvalue weighted by Crippen LogP contribution is -2.33. The van der Waals surface area contributed by atoms with Gasteiger partial charge in [0, 0.05) is 17.5 Å². The highest BCUT2D eigenvalue weighted by atomic mass is 16.7. The average molecular weight is 362 g/mol. The molecule has 0 saturated heterocycles. The van der Waals surface area contributed by atoms with Crippen molar-refractivity contribution in [2.24, 2.45) is 5.41 Å². The smallest absolute Gasteiger partial charge is 0.336 e. The van der Waals surface area contributed by atoms with Crippen molar-refractivity contribution >= 4 is 22.9 Å². The Kier molecular flexibility index (Phi) is 6.02. The highest BCUT2D eigenvalue weighted by molar-refractivity contribution is 5.83. The Morgan fingerprint density at radius 2 is 1.96 bits per heavy atom. The van der Waals surface area contributed by atoms with E-state index in [0.717, 1.165) is 10.9 Å². The molecule has 0 aliphatic rings. The van der Waals surface area contributed by atoms with Crippen molar-refractivity contribution in [3.8, 4) is 5.75 Å². The molecule has 0 amide bonds. The molecule has 1 aromatic carbocycles. The number of hydrogen-bond acceptors (Lipinski definition) is 7. The Morgan fingerprint density at radius 3 is 2.62 bits per heavy atom. The molecule has 0 spiro atoms. The molecule has 2 aromatic rings. The van der Waals surface area contributed by atoms with Gasteiger partial charge in [-0.1, -0.05) is 6.92 Å². The van der Waals surface area contributed by atoms with Gasteiger partial charge >= 0.3 is 17.6 Å². The number of benzene rings is 1. The number of aryl methyl sites for hydroxylation is 1. The van der Waals surface area contributed by atoms with Crippen LogP contribution in [0.1, 0.15) is 32.3 Å². The van der Waals surface area contributed by atoms with E-state index in [9.17, 15) is 14.4 Å². The van der Waals surface area contributed by atoms with Crippen molar-refractivity contribution < 1.29 is 28.2 Å². The summed E-state index contributed by atoms with van der Waals surface area (Å²) >= 11 is 0. The first kappa shape index (κ1) is 19.5. The van der Waals surface area contributed by atoms with Crippen molar-refractivity contribution in [1.29, 1.82) is 0 Å². The highest BCUT2D eigenvalue weighted by Crippen LogP contribution is 2.28. The van der Waals surface area contributed by atoms with Gasteiger partial charge in [0.2, 0.25) is 6.79 Å². The molecule has 0 aliphatic heterocycles. The summed E-state index contributed by atoms with van der Waals surface area (Å²) in [5, 5.41) is 0.797. The zero-order valence-corrected chi connectivity index (χ0v) is 15.3. The third-order valence-electron chi connectivity index (χ3n) is 4.37. The van der Waals surface area contributed by atoms with Crippen LogP contribution in [0.15, 0.2) is 33.5 Å². The Balaban J connectivity index is 2.02. The van der Waals surface area contributed by atoms with Gasteiger partial charge in [-0.05, 0) is 38.0 Å². The van der Waals surface area contributed by atoms with Crippen molar-refractivity contribution in [2.75, 3.05) is 13.9 Å². The predicted octanol–water partition coefficient (Wildman–Crippen LogP) is 2.96. The van der Waals surface area contributed by atoms with E-state index in [1.165, 1.54) is 13.2 Å². The number of methoxy groups -OCH3 is 1. The van der Waals surface area contributed by atoms with Gasteiger partial charge in [0.05, 0.1) is 18.9 Å². The van der Waals surface area contributed by atoms with Crippen LogP contribution in [-0.2, 0) is 19.1 Å². The summed E-state index contributed by atoms with van der Waals surface area (Å²) in [5.41, 5.74) is -0.234. The second-order valence-electron chi connectivity index (χ2n) is 6.27. The topological polar surface area (TPSA) is 92.0 Å². The van der Waals surface area contributed by atoms with E-state index < -0.39 is 23.0 Å². The van der Waals surface area contributed by atoms with Crippen LogP contribution >= 0.6 is 0 Å². The minimum Gasteiger partial charge on any atom is -0.469 e. The molecule has 0 N–H and O–H groups in total. The number of ether oxygens (including phenoxy) is 3. The van der Waals surface area contributed by atoms with Crippen LogP contribution in [0, 0.1) is 12.3 Å². The molecule has 140 valence electrons. The summed E-state index contributed by atoms with van der Waals surface area (Å²) in [4.78, 5) is 35.2. The van der Waals surface area contributed by atoms with Crippen molar-refractivity contribution in [3.05, 3.63) is 40.2 Å². The zero-order valence-electron chi connectivity index (χ0n) is 15.3. The summed E-state index contributed by atoms with van der Waals surface area (Å²) in [6.45, 7) is 4.92. The van der Waals surface area contributed by atoms with E-state index >= 15 is 0 Å². The average Bonchev–Trinajstić information content (AvgIpc) is 2.60. The molecule has 1 unspecified atom stereocenters. The summed E-state index contributed by atoms with van der Waals surface area (Å²) in [6, 6.07) is 6.43. The fourth-order valence-corrected chi connectivity index (χ4v) is 2.45. The van der Waals surface area contributed by atoms with Gasteiger partial charge in [-0.2, -0.15) is 0 Å². The maximum Gasteiger partial charge on any atom is 0.336 e. The Bertz CT molecular complexity index is 868. The molecular weight excluding hydrogens is 340 g/mol. The normalized spacial score (nSPS) is 13.1. The van der Waals surface area contributed by atoms with Crippen LogP contribution in [0.5, 0.6) is 5.75 Å². The van der Waals surface area contributed by atoms with Crippen LogP contribution < -0.4 is 10.4 Å². The summed E-state index contributed by atoms with van der Waals surface area (Å²) in [5.74, 6) is -0.633. The molecule has 7 nitrogen and oxygen atoms in total. The lowest BCUT2D eigenvalue weighted by molar-refractivity contribution is -0.166. The van der Waals surface area contributed by atoms with Crippen LogP contribution in [0.2, 0.25) is 0 Å². The van der Waals surface area contributed by atoms with Gasteiger partial charge in [-0.25, -0.2) is 4.79 Å². The maximum absolute atomic E-state index is 12.3. The minimum absolute atomic E-state index is 0.0702. The molecule has 0 aliphatic carbocycles. The highest BCUT2D eigenvalue weighted by Gasteiger charge is 2.36. The van der Waals surface area contributed by atoms with E-state index in [1.807, 2.05) is 6.92 Å². The Hall–Kier alpha value is -2.83. The van der Waals surface area contributed by atoms with Crippen molar-refractivity contribution in [2.45, 2.75) is 33.6 Å². The van der Waals surface area contributed by atoms with E-state index in [2.05, 4.69) is 4.74 Å². The number of esters is 2. The first-order valence-corrected chi connectivity index (χ1v) is 8.20. The predicted molar refractivity (Wildman–Crippen MR) is 93.8 cm³/mol. The van der Waals surface area contributed by atoms with Crippen LogP contribution in [0.25, 0.3) is 11.0 Å². The number of fused-ring (bicyclic) bond motifs is 1. The number of hydrogen-bond donors (Lipinski definition) is 0. The quantitative estimate of drug-likeness (QED) is 0.425. The molecule has 0 saturated carbocycles. The second-order valence-corrected chi connectivity index (χ2v) is 6.27. The van der Waals surface area contributed by atoms with Gasteiger partial charge in [0.25, 0.3) is 0 Å². The SMILES string of the molecule is CCC(C)(CC(=O)OC)C(=O)OCOc1ccc2c(C)cc(=O)oc2c1. The van der Waals surface area contributed by atoms with E-state index in [1.54, 1.807) is 32.0 Å². The van der Waals surface area contributed by atoms with Gasteiger partial charge in [-0.15, -0.1) is 0 Å². The summed E-state index contributed by atoms with van der Waals surface area (Å²) in [7, 11) is 1.27. The van der Waals surface area contributed by atoms with Crippen LogP contribution in [0.3, 0.4) is 0 Å². The number of carbonyl (C=O) groups excluding carboxylic acids is 2. The van der Waals surface area contributed by atoms with Gasteiger partial charge < -0.3 is 18.6 Å². The molecular formula is C19H22O7. The number of carbonyl (C=O) groups is 2. The Labute approximate surface area is 150 Å². The lowest BCUT2D eigenvalue weighted by atomic mass is 9.84. The summed E-state index contributed by atoms with van der Waals surface area (Å²) in [6.07, 6.45) is 0.348. The molecule has 7 heteroatoms. The largest absolute Gasteiger partial charge is 0.469 e. The van der Waals surface area contributed by atoms with Gasteiger partial charge in [0.15, 0.2) is 0 Å². The monoisotopic (exact) mass is 362 g/mol. The molecule has 1 heterocycles. The van der Waals surface area contributed by atoms with E-state index in [0.29, 0.717) is 17.8 Å². The standard InChI is InChI=1S/C19H22O7/c1-5-19(3,10-17(21)23-4)18(22)25-11-24-13-6-7-14-12(2)8-16(20)26-15(14)9-13/h6-9H,5,10-11H2,1-4H3. The third-order valence-corrected chi connectivity index (χ3v) is 4.37. The Morgan fingerprint density at radius 1 is 1.23 bits per heavy atom. The third kappa shape index (κ3) is 4.41. The van der Waals surface area contributed by atoms with Gasteiger partial charge in [-0.3, -0.25) is 9.59 Å². The molecule has 0 radical (unpaired) electrons. The summed E-state index contributed by atoms with van der Waals surface area (Å²) < 4.78 is 20.3. The maximum atomic E-state index is 12.3. The second kappa shape index (κ2) is 8.03. The molecule has 0 fully saturated rings. The first-order chi connectivity index (χ1) is 12.3. The van der Waals surface area contributed by atoms with Crippen LogP contribution in [-0.4, -0.2) is 25.8 Å². The van der Waals surface area contributed by atoms with E-state index in [-0.39, 0.29) is 13.2 Å². The van der Waals surface area contributed by atoms with E-state index in [4.69, 9.17) is 13.9 Å². The fraction of sp³-hybridized carbons (Fsp3) is 0.421. The minimum atomic E-state index is -0.982. The number of rotatable bonds is 7. The zero-order chi connectivity index (χ0) is 19.3. The molecule has 1 atom stereocenters. The first-order valence-electron chi connectivity index (χ1n) is 8.20. The molecule has 26 heavy (non-hydrogen) atoms. The molecule has 0 bridgehead atoms.